The number of carbonyl (C=O) groups excluding carboxylic acids is 1. The number of aromatic nitrogens is 3. The fourth-order valence-electron chi connectivity index (χ4n) is 3.83. The molecule has 2 heterocycles. The van der Waals surface area contributed by atoms with Crippen LogP contribution in [0.4, 0.5) is 18.0 Å². The summed E-state index contributed by atoms with van der Waals surface area (Å²) < 4.78 is 68.1. The molecule has 8 nitrogen and oxygen atoms in total. The Morgan fingerprint density at radius 1 is 1.13 bits per heavy atom. The van der Waals surface area contributed by atoms with Crippen LogP contribution in [0.15, 0.2) is 59.6 Å². The number of sulfonamides is 1. The number of amides is 2. The van der Waals surface area contributed by atoms with Crippen LogP contribution < -0.4 is 39.6 Å². The minimum Gasteiger partial charge on any atom is -1.00 e. The molecule has 2 N–H and O–H groups in total. The molecule has 0 aliphatic rings. The smallest absolute Gasteiger partial charge is 1.00 e. The molecule has 14 heteroatoms. The Morgan fingerprint density at radius 3 is 2.41 bits per heavy atom. The van der Waals surface area contributed by atoms with Crippen LogP contribution in [0.25, 0.3) is 16.7 Å². The van der Waals surface area contributed by atoms with Gasteiger partial charge in [0, 0.05) is 25.1 Å². The van der Waals surface area contributed by atoms with Gasteiger partial charge in [-0.3, -0.25) is 9.55 Å². The normalized spacial score (nSPS) is 11.7. The van der Waals surface area contributed by atoms with E-state index in [4.69, 9.17) is 11.6 Å². The number of nitrogens with zero attached hydrogens (tertiary/aromatic N) is 3. The molecule has 2 aromatic carbocycles. The minimum absolute atomic E-state index is 0. The first-order chi connectivity index (χ1) is 17.9. The summed E-state index contributed by atoms with van der Waals surface area (Å²) in [5, 5.41) is 2.06. The van der Waals surface area contributed by atoms with E-state index in [2.05, 4.69) is 15.3 Å². The summed E-state index contributed by atoms with van der Waals surface area (Å²) in [4.78, 5) is 20.8. The van der Waals surface area contributed by atoms with Gasteiger partial charge in [-0.05, 0) is 43.3 Å². The molecule has 202 valence electrons. The summed E-state index contributed by atoms with van der Waals surface area (Å²) in [5.74, 6) is 0.540. The van der Waals surface area contributed by atoms with E-state index in [1.807, 2.05) is 18.6 Å². The Morgan fingerprint density at radius 2 is 1.82 bits per heavy atom. The number of aryl methyl sites for hydroxylation is 2. The van der Waals surface area contributed by atoms with Crippen LogP contribution in [0, 0.1) is 6.92 Å². The van der Waals surface area contributed by atoms with Crippen molar-refractivity contribution in [3.63, 3.8) is 0 Å². The fraction of sp³-hybridized carbons (Fsp3) is 0.240. The number of hydrogen-bond donors (Lipinski definition) is 2. The number of pyridine rings is 1. The van der Waals surface area contributed by atoms with Crippen LogP contribution in [0.1, 0.15) is 31.0 Å². The van der Waals surface area contributed by atoms with Gasteiger partial charge in [0.1, 0.15) is 5.82 Å². The van der Waals surface area contributed by atoms with E-state index < -0.39 is 32.8 Å². The summed E-state index contributed by atoms with van der Waals surface area (Å²) in [5.41, 5.74) is 1.71. The first-order valence-electron chi connectivity index (χ1n) is 11.5. The quantitative estimate of drug-likeness (QED) is 0.322. The molecular weight excluding hydrogens is 566 g/mol. The molecule has 0 spiro atoms. The summed E-state index contributed by atoms with van der Waals surface area (Å²) in [7, 11) is -4.00. The largest absolute Gasteiger partial charge is 1.00 e. The number of fused-ring (bicyclic) bond motifs is 1. The van der Waals surface area contributed by atoms with Crippen molar-refractivity contribution in [1.82, 2.24) is 24.6 Å². The average Bonchev–Trinajstić information content (AvgIpc) is 3.20. The predicted octanol–water partition coefficient (Wildman–Crippen LogP) is 2.31. The van der Waals surface area contributed by atoms with Crippen LogP contribution in [-0.4, -0.2) is 35.5 Å². The third-order valence-corrected chi connectivity index (χ3v) is 7.39. The van der Waals surface area contributed by atoms with Crippen molar-refractivity contribution in [2.75, 3.05) is 6.54 Å². The number of benzene rings is 2. The molecule has 0 fully saturated rings. The van der Waals surface area contributed by atoms with Gasteiger partial charge in [0.05, 0.1) is 38.4 Å². The van der Waals surface area contributed by atoms with Crippen molar-refractivity contribution in [2.45, 2.75) is 37.8 Å². The van der Waals surface area contributed by atoms with Gasteiger partial charge in [0.2, 0.25) is 0 Å². The summed E-state index contributed by atoms with van der Waals surface area (Å²) in [6, 6.07) is 10.8. The SMILES string of the molecule is CCc1nc2cc(C(F)(F)F)c(Cl)cc2n1-c1ccc(CCNC(=O)NS(=O)(=O)c2ccc(C)cc2)nc1.[H-].[Na+]. The van der Waals surface area contributed by atoms with Crippen molar-refractivity contribution >= 4 is 38.7 Å². The molecule has 0 aliphatic heterocycles. The van der Waals surface area contributed by atoms with Crippen molar-refractivity contribution in [3.05, 3.63) is 82.4 Å². The number of nitrogens with one attached hydrogen (secondary N) is 2. The molecular formula is C25H24ClF3N5NaO3S. The van der Waals surface area contributed by atoms with Crippen molar-refractivity contribution in [1.29, 1.82) is 0 Å². The van der Waals surface area contributed by atoms with Crippen LogP contribution in [0.3, 0.4) is 0 Å². The molecule has 0 atom stereocenters. The number of urea groups is 1. The van der Waals surface area contributed by atoms with Crippen LogP contribution in [0.5, 0.6) is 0 Å². The zero-order valence-corrected chi connectivity index (χ0v) is 24.9. The van der Waals surface area contributed by atoms with Crippen molar-refractivity contribution < 1.29 is 57.4 Å². The van der Waals surface area contributed by atoms with E-state index in [1.54, 1.807) is 35.0 Å². The number of rotatable bonds is 7. The van der Waals surface area contributed by atoms with Crippen LogP contribution >= 0.6 is 11.6 Å². The minimum atomic E-state index is -4.60. The molecule has 2 aromatic heterocycles. The number of carbonyl (C=O) groups is 1. The van der Waals surface area contributed by atoms with E-state index in [1.165, 1.54) is 18.2 Å². The molecule has 0 saturated carbocycles. The summed E-state index contributed by atoms with van der Waals surface area (Å²) in [6.07, 6.45) is -2.28. The number of hydrogen-bond acceptors (Lipinski definition) is 5. The van der Waals surface area contributed by atoms with E-state index in [-0.39, 0.29) is 47.9 Å². The first-order valence-corrected chi connectivity index (χ1v) is 13.4. The second kappa shape index (κ2) is 12.3. The monoisotopic (exact) mass is 589 g/mol. The third-order valence-electron chi connectivity index (χ3n) is 5.73. The van der Waals surface area contributed by atoms with Gasteiger partial charge in [0.25, 0.3) is 10.0 Å². The topological polar surface area (TPSA) is 106 Å². The van der Waals surface area contributed by atoms with Crippen molar-refractivity contribution in [3.8, 4) is 5.69 Å². The molecule has 2 amide bonds. The molecule has 0 bridgehead atoms. The molecule has 0 aliphatic carbocycles. The number of imidazole rings is 1. The van der Waals surface area contributed by atoms with Gasteiger partial charge < -0.3 is 6.74 Å². The maximum atomic E-state index is 13.3. The van der Waals surface area contributed by atoms with Gasteiger partial charge >= 0.3 is 41.8 Å². The zero-order valence-electron chi connectivity index (χ0n) is 22.3. The van der Waals surface area contributed by atoms with Gasteiger partial charge in [0.15, 0.2) is 0 Å². The molecule has 4 rings (SSSR count). The first kappa shape index (κ1) is 30.9. The maximum Gasteiger partial charge on any atom is 1.00 e. The predicted molar refractivity (Wildman–Crippen MR) is 138 cm³/mol. The van der Waals surface area contributed by atoms with E-state index >= 15 is 0 Å². The van der Waals surface area contributed by atoms with Crippen LogP contribution in [-0.2, 0) is 29.0 Å². The maximum absolute atomic E-state index is 13.3. The van der Waals surface area contributed by atoms with E-state index in [0.29, 0.717) is 35.6 Å². The second-order valence-electron chi connectivity index (χ2n) is 8.47. The Bertz CT molecular complexity index is 1600. The second-order valence-corrected chi connectivity index (χ2v) is 10.6. The van der Waals surface area contributed by atoms with Gasteiger partial charge in [-0.2, -0.15) is 13.2 Å². The van der Waals surface area contributed by atoms with Crippen molar-refractivity contribution in [2.24, 2.45) is 0 Å². The molecule has 0 radical (unpaired) electrons. The van der Waals surface area contributed by atoms with Gasteiger partial charge in [-0.25, -0.2) is 22.9 Å². The van der Waals surface area contributed by atoms with E-state index in [9.17, 15) is 26.4 Å². The standard InChI is InChI=1S/C25H23ClF3N5O3S.Na.H/c1-3-23-32-21-12-19(25(27,28)29)20(26)13-22(21)34(23)17-7-6-16(31-14-17)10-11-30-24(35)33-38(36,37)18-8-4-15(2)5-9-18;;/h4-9,12-14H,3,10-11H2,1-2H3,(H2,30,33,35);;/q;+1;-1. The van der Waals surface area contributed by atoms with Gasteiger partial charge in [-0.1, -0.05) is 36.2 Å². The molecule has 4 aromatic rings. The third kappa shape index (κ3) is 7.12. The fourth-order valence-corrected chi connectivity index (χ4v) is 5.02. The van der Waals surface area contributed by atoms with Crippen LogP contribution in [0.2, 0.25) is 5.02 Å². The summed E-state index contributed by atoms with van der Waals surface area (Å²) in [6.45, 7) is 3.77. The zero-order chi connectivity index (χ0) is 27.7. The molecule has 39 heavy (non-hydrogen) atoms. The average molecular weight is 590 g/mol. The summed E-state index contributed by atoms with van der Waals surface area (Å²) >= 11 is 5.93. The molecule has 0 unspecified atom stereocenters. The number of halogens is 4. The van der Waals surface area contributed by atoms with Gasteiger partial charge in [-0.15, -0.1) is 0 Å². The Hall–Kier alpha value is -2.64. The Balaban J connectivity index is 0.00000280. The number of alkyl halides is 3. The van der Waals surface area contributed by atoms with E-state index in [0.717, 1.165) is 11.6 Å². The Labute approximate surface area is 251 Å². The Kier molecular flexibility index (Phi) is 9.71. The molecule has 0 saturated heterocycles.